The quantitative estimate of drug-likeness (QED) is 0.503. The highest BCUT2D eigenvalue weighted by atomic mass is 19.4. The van der Waals surface area contributed by atoms with Crippen LogP contribution in [0.1, 0.15) is 11.5 Å². The first-order valence-electron chi connectivity index (χ1n) is 8.67. The fraction of sp³-hybridized carbons (Fsp3) is 0.100. The second-order valence-corrected chi connectivity index (χ2v) is 6.24. The van der Waals surface area contributed by atoms with Gasteiger partial charge in [-0.3, -0.25) is 10.3 Å². The van der Waals surface area contributed by atoms with E-state index in [4.69, 9.17) is 4.74 Å². The summed E-state index contributed by atoms with van der Waals surface area (Å²) in [5.74, 6) is -1.63. The number of hydrogen-bond acceptors (Lipinski definition) is 6. The summed E-state index contributed by atoms with van der Waals surface area (Å²) in [6, 6.07) is 15.3. The Morgan fingerprint density at radius 1 is 1.10 bits per heavy atom. The minimum absolute atomic E-state index is 0.0326. The molecule has 0 fully saturated rings. The van der Waals surface area contributed by atoms with Gasteiger partial charge in [0.05, 0.1) is 5.52 Å². The number of nitrogens with zero attached hydrogens (tertiary/aromatic N) is 3. The zero-order valence-corrected chi connectivity index (χ0v) is 15.2. The van der Waals surface area contributed by atoms with Crippen LogP contribution in [0.25, 0.3) is 22.3 Å². The number of benzene rings is 2. The number of anilines is 1. The molecule has 0 saturated carbocycles. The van der Waals surface area contributed by atoms with E-state index in [1.165, 1.54) is 24.3 Å². The minimum atomic E-state index is -4.71. The molecule has 0 unspecified atom stereocenters. The Morgan fingerprint density at radius 3 is 2.60 bits per heavy atom. The van der Waals surface area contributed by atoms with E-state index in [1.807, 2.05) is 30.3 Å². The van der Waals surface area contributed by atoms with Crippen molar-refractivity contribution in [2.45, 2.75) is 12.8 Å². The van der Waals surface area contributed by atoms with Gasteiger partial charge in [-0.2, -0.15) is 18.2 Å². The number of alkyl halides is 3. The average Bonchev–Trinajstić information content (AvgIpc) is 3.23. The first-order valence-corrected chi connectivity index (χ1v) is 8.67. The molecule has 0 spiro atoms. The van der Waals surface area contributed by atoms with Crippen molar-refractivity contribution in [3.05, 3.63) is 72.2 Å². The van der Waals surface area contributed by atoms with E-state index in [0.29, 0.717) is 11.3 Å². The molecule has 4 rings (SSSR count). The molecule has 10 heteroatoms. The lowest BCUT2D eigenvalue weighted by atomic mass is 10.2. The van der Waals surface area contributed by atoms with Crippen molar-refractivity contribution in [3.8, 4) is 11.4 Å². The average molecular weight is 414 g/mol. The number of fused-ring (bicyclic) bond motifs is 1. The number of pyridine rings is 1. The molecule has 0 aliphatic carbocycles. The molecule has 2 aromatic carbocycles. The smallest absolute Gasteiger partial charge is 0.444 e. The number of para-hydroxylation sites is 1. The maximum atomic E-state index is 12.5. The summed E-state index contributed by atoms with van der Waals surface area (Å²) in [6.45, 7) is 0.0326. The van der Waals surface area contributed by atoms with Gasteiger partial charge < -0.3 is 9.26 Å². The van der Waals surface area contributed by atoms with Gasteiger partial charge in [0.2, 0.25) is 5.82 Å². The number of ether oxygens (including phenoxy) is 1. The van der Waals surface area contributed by atoms with Gasteiger partial charge in [0, 0.05) is 28.4 Å². The molecule has 152 valence electrons. The van der Waals surface area contributed by atoms with Gasteiger partial charge in [-0.1, -0.05) is 23.4 Å². The van der Waals surface area contributed by atoms with Crippen molar-refractivity contribution in [2.24, 2.45) is 0 Å². The lowest BCUT2D eigenvalue weighted by Gasteiger charge is -2.08. The zero-order valence-electron chi connectivity index (χ0n) is 15.2. The summed E-state index contributed by atoms with van der Waals surface area (Å²) in [5, 5.41) is 6.77. The summed E-state index contributed by atoms with van der Waals surface area (Å²) in [7, 11) is 0. The Morgan fingerprint density at radius 2 is 1.87 bits per heavy atom. The highest BCUT2D eigenvalue weighted by Crippen LogP contribution is 2.29. The van der Waals surface area contributed by atoms with Gasteiger partial charge in [0.1, 0.15) is 6.61 Å². The number of halogens is 3. The minimum Gasteiger partial charge on any atom is -0.444 e. The summed E-state index contributed by atoms with van der Waals surface area (Å²) >= 11 is 0. The molecule has 0 aliphatic heterocycles. The molecule has 0 atom stereocenters. The van der Waals surface area contributed by atoms with E-state index < -0.39 is 18.2 Å². The van der Waals surface area contributed by atoms with Crippen LogP contribution < -0.4 is 5.32 Å². The standard InChI is InChI=1S/C20H13F3N4O3/c21-20(22,23)18-26-17(27-30-18)13-5-7-15(8-6-13)25-19(28)29-11-12-9-14-3-1-2-4-16(14)24-10-12/h1-10H,11H2,(H,25,28). The van der Waals surface area contributed by atoms with E-state index in [1.54, 1.807) is 6.20 Å². The maximum Gasteiger partial charge on any atom is 0.471 e. The summed E-state index contributed by atoms with van der Waals surface area (Å²) in [6.07, 6.45) is -3.77. The Kier molecular flexibility index (Phi) is 5.05. The van der Waals surface area contributed by atoms with Crippen molar-refractivity contribution in [1.29, 1.82) is 0 Å². The monoisotopic (exact) mass is 414 g/mol. The van der Waals surface area contributed by atoms with Crippen LogP contribution in [-0.4, -0.2) is 21.2 Å². The molecule has 7 nitrogen and oxygen atoms in total. The number of rotatable bonds is 4. The number of carbonyl (C=O) groups excluding carboxylic acids is 1. The number of carbonyl (C=O) groups is 1. The van der Waals surface area contributed by atoms with Crippen molar-refractivity contribution >= 4 is 22.7 Å². The molecule has 2 aromatic heterocycles. The molecule has 0 radical (unpaired) electrons. The van der Waals surface area contributed by atoms with Crippen LogP contribution in [0.5, 0.6) is 0 Å². The van der Waals surface area contributed by atoms with Gasteiger partial charge in [0.25, 0.3) is 0 Å². The van der Waals surface area contributed by atoms with Crippen LogP contribution in [-0.2, 0) is 17.5 Å². The van der Waals surface area contributed by atoms with E-state index in [9.17, 15) is 18.0 Å². The highest BCUT2D eigenvalue weighted by Gasteiger charge is 2.38. The second kappa shape index (κ2) is 7.82. The van der Waals surface area contributed by atoms with E-state index >= 15 is 0 Å². The second-order valence-electron chi connectivity index (χ2n) is 6.24. The fourth-order valence-electron chi connectivity index (χ4n) is 2.66. The van der Waals surface area contributed by atoms with Gasteiger partial charge in [-0.05, 0) is 36.4 Å². The molecule has 0 aliphatic rings. The fourth-order valence-corrected chi connectivity index (χ4v) is 2.66. The van der Waals surface area contributed by atoms with Crippen LogP contribution in [0.2, 0.25) is 0 Å². The Bertz CT molecular complexity index is 1190. The third kappa shape index (κ3) is 4.37. The molecule has 4 aromatic rings. The SMILES string of the molecule is O=C(Nc1ccc(-c2noc(C(F)(F)F)n2)cc1)OCc1cnc2ccccc2c1. The lowest BCUT2D eigenvalue weighted by molar-refractivity contribution is -0.159. The molecule has 0 bridgehead atoms. The molecule has 0 saturated heterocycles. The molecule has 2 heterocycles. The van der Waals surface area contributed by atoms with Crippen LogP contribution in [0.3, 0.4) is 0 Å². The zero-order chi connectivity index (χ0) is 21.1. The largest absolute Gasteiger partial charge is 0.471 e. The molecular formula is C20H13F3N4O3. The van der Waals surface area contributed by atoms with Gasteiger partial charge in [0.15, 0.2) is 0 Å². The van der Waals surface area contributed by atoms with Crippen molar-refractivity contribution in [3.63, 3.8) is 0 Å². The van der Waals surface area contributed by atoms with Gasteiger partial charge in [-0.15, -0.1) is 0 Å². The van der Waals surface area contributed by atoms with Gasteiger partial charge in [-0.25, -0.2) is 4.79 Å². The summed E-state index contributed by atoms with van der Waals surface area (Å²) in [4.78, 5) is 19.6. The van der Waals surface area contributed by atoms with Crippen LogP contribution in [0, 0.1) is 0 Å². The third-order valence-corrected chi connectivity index (χ3v) is 4.08. The molecule has 1 amide bonds. The van der Waals surface area contributed by atoms with Crippen molar-refractivity contribution in [2.75, 3.05) is 5.32 Å². The van der Waals surface area contributed by atoms with E-state index in [-0.39, 0.29) is 12.4 Å². The van der Waals surface area contributed by atoms with Crippen LogP contribution >= 0.6 is 0 Å². The Labute approximate surface area is 167 Å². The highest BCUT2D eigenvalue weighted by molar-refractivity contribution is 5.85. The maximum absolute atomic E-state index is 12.5. The topological polar surface area (TPSA) is 90.1 Å². The first kappa shape index (κ1) is 19.4. The van der Waals surface area contributed by atoms with Gasteiger partial charge >= 0.3 is 18.2 Å². The lowest BCUT2D eigenvalue weighted by Crippen LogP contribution is -2.13. The van der Waals surface area contributed by atoms with Crippen LogP contribution in [0.4, 0.5) is 23.7 Å². The summed E-state index contributed by atoms with van der Waals surface area (Å²) in [5.41, 5.74) is 2.27. The molecule has 1 N–H and O–H groups in total. The summed E-state index contributed by atoms with van der Waals surface area (Å²) < 4.78 is 47.0. The van der Waals surface area contributed by atoms with Crippen molar-refractivity contribution in [1.82, 2.24) is 15.1 Å². The van der Waals surface area contributed by atoms with E-state index in [0.717, 1.165) is 16.5 Å². The third-order valence-electron chi connectivity index (χ3n) is 4.08. The Balaban J connectivity index is 1.35. The number of hydrogen-bond donors (Lipinski definition) is 1. The number of amides is 1. The van der Waals surface area contributed by atoms with Crippen LogP contribution in [0.15, 0.2) is 65.3 Å². The van der Waals surface area contributed by atoms with Crippen molar-refractivity contribution < 1.29 is 27.2 Å². The predicted molar refractivity (Wildman–Crippen MR) is 100 cm³/mol. The normalized spacial score (nSPS) is 11.4. The Hall–Kier alpha value is -3.95. The number of aromatic nitrogens is 3. The van der Waals surface area contributed by atoms with E-state index in [2.05, 4.69) is 25.0 Å². The molecular weight excluding hydrogens is 401 g/mol. The predicted octanol–water partition coefficient (Wildman–Crippen LogP) is 5.05. The molecule has 30 heavy (non-hydrogen) atoms. The number of nitrogens with one attached hydrogen (secondary N) is 1. The first-order chi connectivity index (χ1) is 14.4.